The van der Waals surface area contributed by atoms with Gasteiger partial charge in [-0.05, 0) is 74.0 Å². The lowest BCUT2D eigenvalue weighted by molar-refractivity contribution is -0.163. The molecule has 0 amide bonds. The van der Waals surface area contributed by atoms with Gasteiger partial charge in [-0.25, -0.2) is 0 Å². The van der Waals surface area contributed by atoms with Gasteiger partial charge >= 0.3 is 18.1 Å². The highest BCUT2D eigenvalue weighted by Crippen LogP contribution is 2.67. The summed E-state index contributed by atoms with van der Waals surface area (Å²) in [5, 5.41) is 0. The molecule has 0 aromatic heterocycles. The molecule has 0 heterocycles. The number of fused-ring (bicyclic) bond motifs is 5. The zero-order valence-electron chi connectivity index (χ0n) is 19.7. The molecule has 0 saturated heterocycles. The fourth-order valence-electron chi connectivity index (χ4n) is 7.96. The molecule has 5 nitrogen and oxygen atoms in total. The van der Waals surface area contributed by atoms with Gasteiger partial charge in [0.1, 0.15) is 6.10 Å². The van der Waals surface area contributed by atoms with E-state index >= 15 is 0 Å². The van der Waals surface area contributed by atoms with E-state index in [1.807, 2.05) is 6.92 Å². The number of allylic oxidation sites excluding steroid dienone is 2. The van der Waals surface area contributed by atoms with E-state index in [0.29, 0.717) is 11.8 Å². The SMILES string of the molecule is CC(=O)OC(=C1C[C@@]2(C)[C@@H](CC[C@@H]3[C@@H]2CC[C@]2(C)[C@@H](OC(C)=O)CC[C@@H]32)CC1=O)C(F)(F)F. The molecule has 4 aliphatic carbocycles. The van der Waals surface area contributed by atoms with E-state index < -0.39 is 29.1 Å². The molecule has 0 bridgehead atoms. The highest BCUT2D eigenvalue weighted by molar-refractivity contribution is 5.97. The van der Waals surface area contributed by atoms with Gasteiger partial charge in [0.2, 0.25) is 5.76 Å². The summed E-state index contributed by atoms with van der Waals surface area (Å²) in [5.74, 6) is -2.46. The van der Waals surface area contributed by atoms with E-state index in [1.54, 1.807) is 0 Å². The molecule has 0 spiro atoms. The predicted octanol–water partition coefficient (Wildman–Crippen LogP) is 5.52. The van der Waals surface area contributed by atoms with E-state index in [0.717, 1.165) is 45.4 Å². The van der Waals surface area contributed by atoms with Crippen LogP contribution in [0.4, 0.5) is 13.2 Å². The van der Waals surface area contributed by atoms with Crippen LogP contribution in [-0.4, -0.2) is 30.0 Å². The van der Waals surface area contributed by atoms with Crippen molar-refractivity contribution in [3.05, 3.63) is 11.3 Å². The average molecular weight is 471 g/mol. The monoisotopic (exact) mass is 470 g/mol. The molecule has 33 heavy (non-hydrogen) atoms. The zero-order valence-corrected chi connectivity index (χ0v) is 19.7. The maximum atomic E-state index is 13.8. The first-order chi connectivity index (χ1) is 15.3. The molecule has 0 aliphatic heterocycles. The Bertz CT molecular complexity index is 893. The second kappa shape index (κ2) is 8.12. The molecule has 0 N–H and O–H groups in total. The molecule has 4 aliphatic rings. The minimum Gasteiger partial charge on any atom is -0.462 e. The van der Waals surface area contributed by atoms with Gasteiger partial charge in [0.15, 0.2) is 5.78 Å². The molecule has 8 heteroatoms. The molecule has 0 aromatic rings. The van der Waals surface area contributed by atoms with Gasteiger partial charge in [-0.1, -0.05) is 13.8 Å². The molecule has 4 rings (SSSR count). The fraction of sp³-hybridized carbons (Fsp3) is 0.800. The van der Waals surface area contributed by atoms with Crippen molar-refractivity contribution < 1.29 is 37.0 Å². The van der Waals surface area contributed by atoms with Crippen LogP contribution in [0, 0.1) is 34.5 Å². The molecule has 7 atom stereocenters. The topological polar surface area (TPSA) is 69.7 Å². The van der Waals surface area contributed by atoms with Gasteiger partial charge in [0.05, 0.1) is 0 Å². The van der Waals surface area contributed by atoms with Crippen LogP contribution in [0.1, 0.15) is 79.1 Å². The lowest BCUT2D eigenvalue weighted by Gasteiger charge is -2.60. The van der Waals surface area contributed by atoms with Crippen molar-refractivity contribution in [3.63, 3.8) is 0 Å². The van der Waals surface area contributed by atoms with Crippen molar-refractivity contribution in [1.82, 2.24) is 0 Å². The zero-order chi connectivity index (χ0) is 24.3. The van der Waals surface area contributed by atoms with Gasteiger partial charge < -0.3 is 9.47 Å². The number of alkyl halides is 3. The van der Waals surface area contributed by atoms with Crippen LogP contribution in [0.2, 0.25) is 0 Å². The summed E-state index contributed by atoms with van der Waals surface area (Å²) in [7, 11) is 0. The number of hydrogen-bond donors (Lipinski definition) is 0. The van der Waals surface area contributed by atoms with Crippen molar-refractivity contribution in [1.29, 1.82) is 0 Å². The second-order valence-corrected chi connectivity index (χ2v) is 11.1. The Morgan fingerprint density at radius 2 is 1.61 bits per heavy atom. The summed E-state index contributed by atoms with van der Waals surface area (Å²) in [4.78, 5) is 35.8. The van der Waals surface area contributed by atoms with Gasteiger partial charge in [-0.2, -0.15) is 13.2 Å². The number of carbonyl (C=O) groups is 3. The largest absolute Gasteiger partial charge is 0.462 e. The number of rotatable bonds is 2. The van der Waals surface area contributed by atoms with Crippen molar-refractivity contribution in [2.24, 2.45) is 34.5 Å². The van der Waals surface area contributed by atoms with Crippen LogP contribution < -0.4 is 0 Å². The number of ketones is 1. The maximum absolute atomic E-state index is 13.8. The van der Waals surface area contributed by atoms with Gasteiger partial charge in [0, 0.05) is 31.3 Å². The number of ether oxygens (including phenoxy) is 2. The molecular formula is C25H33F3O5. The number of halogens is 3. The Balaban J connectivity index is 1.67. The van der Waals surface area contributed by atoms with Crippen molar-refractivity contribution >= 4 is 17.7 Å². The third kappa shape index (κ3) is 4.01. The molecule has 4 saturated carbocycles. The highest BCUT2D eigenvalue weighted by atomic mass is 19.4. The Labute approximate surface area is 192 Å². The van der Waals surface area contributed by atoms with Crippen LogP contribution >= 0.6 is 0 Å². The summed E-state index contributed by atoms with van der Waals surface area (Å²) in [5.41, 5.74) is -0.966. The Hall–Kier alpha value is -1.86. The van der Waals surface area contributed by atoms with Crippen molar-refractivity contribution in [2.75, 3.05) is 0 Å². The van der Waals surface area contributed by atoms with E-state index in [1.165, 1.54) is 6.92 Å². The van der Waals surface area contributed by atoms with Crippen molar-refractivity contribution in [3.8, 4) is 0 Å². The predicted molar refractivity (Wildman–Crippen MR) is 113 cm³/mol. The third-order valence-electron chi connectivity index (χ3n) is 9.39. The normalized spacial score (nSPS) is 42.0. The second-order valence-electron chi connectivity index (χ2n) is 11.1. The van der Waals surface area contributed by atoms with E-state index in [4.69, 9.17) is 4.74 Å². The van der Waals surface area contributed by atoms with Gasteiger partial charge in [-0.3, -0.25) is 14.4 Å². The van der Waals surface area contributed by atoms with Crippen LogP contribution in [0.15, 0.2) is 11.3 Å². The van der Waals surface area contributed by atoms with E-state index in [2.05, 4.69) is 11.7 Å². The first-order valence-electron chi connectivity index (χ1n) is 12.0. The molecule has 4 fully saturated rings. The summed E-state index contributed by atoms with van der Waals surface area (Å²) in [6, 6.07) is 0. The highest BCUT2D eigenvalue weighted by Gasteiger charge is 2.62. The fourth-order valence-corrected chi connectivity index (χ4v) is 7.96. The standard InChI is InChI=1S/C25H33F3O5/c1-13(29)32-21-8-7-18-16-6-5-15-11-20(31)17(22(25(26,27)28)33-14(2)30)12-24(15,4)19(16)9-10-23(18,21)3/h15-16,18-19,21H,5-12H2,1-4H3/t15-,16-,18-,19-,21-,23-,24-/m0/s1. The minimum atomic E-state index is -4.90. The maximum Gasteiger partial charge on any atom is 0.450 e. The van der Waals surface area contributed by atoms with Crippen LogP contribution in [0.3, 0.4) is 0 Å². The summed E-state index contributed by atoms with van der Waals surface area (Å²) < 4.78 is 51.5. The third-order valence-corrected chi connectivity index (χ3v) is 9.39. The average Bonchev–Trinajstić information content (AvgIpc) is 3.01. The smallest absolute Gasteiger partial charge is 0.450 e. The summed E-state index contributed by atoms with van der Waals surface area (Å²) in [6.07, 6.45) is 0.220. The summed E-state index contributed by atoms with van der Waals surface area (Å²) in [6.45, 7) is 6.58. The molecule has 0 unspecified atom stereocenters. The Morgan fingerprint density at radius 1 is 0.939 bits per heavy atom. The molecule has 0 aromatic carbocycles. The number of hydrogen-bond acceptors (Lipinski definition) is 5. The minimum absolute atomic E-state index is 0.0173. The number of carbonyl (C=O) groups excluding carboxylic acids is 3. The van der Waals surface area contributed by atoms with Crippen LogP contribution in [0.5, 0.6) is 0 Å². The first kappa shape index (κ1) is 24.3. The lowest BCUT2D eigenvalue weighted by atomic mass is 9.44. The number of esters is 2. The first-order valence-corrected chi connectivity index (χ1v) is 12.0. The van der Waals surface area contributed by atoms with Crippen LogP contribution in [-0.2, 0) is 23.9 Å². The van der Waals surface area contributed by atoms with Crippen molar-refractivity contribution in [2.45, 2.75) is 91.3 Å². The van der Waals surface area contributed by atoms with Gasteiger partial charge in [0.25, 0.3) is 0 Å². The molecule has 0 radical (unpaired) electrons. The summed E-state index contributed by atoms with van der Waals surface area (Å²) >= 11 is 0. The van der Waals surface area contributed by atoms with E-state index in [9.17, 15) is 27.6 Å². The van der Waals surface area contributed by atoms with Crippen LogP contribution in [0.25, 0.3) is 0 Å². The quantitative estimate of drug-likeness (QED) is 0.302. The lowest BCUT2D eigenvalue weighted by Crippen LogP contribution is -2.55. The number of Topliss-reactive ketones (excluding diaryl/α,β-unsaturated/α-hetero) is 1. The van der Waals surface area contributed by atoms with E-state index in [-0.39, 0.29) is 47.7 Å². The van der Waals surface area contributed by atoms with Gasteiger partial charge in [-0.15, -0.1) is 0 Å². The molecular weight excluding hydrogens is 437 g/mol. The Morgan fingerprint density at radius 3 is 2.21 bits per heavy atom. The molecule has 184 valence electrons. The Kier molecular flexibility index (Phi) is 5.97.